The molecular formula is C16H23FO. The molecule has 1 nitrogen and oxygen atoms in total. The minimum absolute atomic E-state index is 0.0975. The zero-order chi connectivity index (χ0) is 13.0. The van der Waals surface area contributed by atoms with Crippen LogP contribution in [0, 0.1) is 0 Å². The standard InChI is InChI=1S/C16H23FO/c1-3-6-14-9-5-10-16(18-14)13-8-4-7-12(2)15(17)11-13/h7-8,11,14,16H,3-6,9-10H2,1-2H3. The highest BCUT2D eigenvalue weighted by atomic mass is 19.1. The molecule has 0 aromatic heterocycles. The third-order valence-corrected chi connectivity index (χ3v) is 3.78. The van der Waals surface area contributed by atoms with E-state index in [4.69, 9.17) is 4.74 Å². The summed E-state index contributed by atoms with van der Waals surface area (Å²) in [5, 5.41) is 0. The Kier molecular flexibility index (Phi) is 4.76. The van der Waals surface area contributed by atoms with Crippen LogP contribution in [0.2, 0.25) is 0 Å². The fourth-order valence-corrected chi connectivity index (χ4v) is 2.69. The highest BCUT2D eigenvalue weighted by Gasteiger charge is 2.24. The van der Waals surface area contributed by atoms with Crippen LogP contribution in [-0.2, 0) is 4.74 Å². The Morgan fingerprint density at radius 3 is 2.94 bits per heavy atom. The SMILES string of the molecule is CCCC1CCCC(C2=CCC=C(C)C(F)=C2)O1. The van der Waals surface area contributed by atoms with E-state index in [0.29, 0.717) is 6.10 Å². The van der Waals surface area contributed by atoms with Crippen LogP contribution in [0.25, 0.3) is 0 Å². The van der Waals surface area contributed by atoms with Crippen LogP contribution in [0.5, 0.6) is 0 Å². The molecule has 0 radical (unpaired) electrons. The predicted octanol–water partition coefficient (Wildman–Crippen LogP) is 4.85. The van der Waals surface area contributed by atoms with Gasteiger partial charge in [0.2, 0.25) is 0 Å². The smallest absolute Gasteiger partial charge is 0.126 e. The van der Waals surface area contributed by atoms with E-state index in [2.05, 4.69) is 13.0 Å². The maximum absolute atomic E-state index is 13.8. The van der Waals surface area contributed by atoms with Crippen molar-refractivity contribution in [3.63, 3.8) is 0 Å². The van der Waals surface area contributed by atoms with Gasteiger partial charge >= 0.3 is 0 Å². The molecule has 1 heterocycles. The molecule has 0 spiro atoms. The molecule has 0 aromatic carbocycles. The van der Waals surface area contributed by atoms with Gasteiger partial charge in [0.05, 0.1) is 12.2 Å². The van der Waals surface area contributed by atoms with Gasteiger partial charge < -0.3 is 4.74 Å². The Labute approximate surface area is 109 Å². The van der Waals surface area contributed by atoms with Crippen molar-refractivity contribution in [2.24, 2.45) is 0 Å². The van der Waals surface area contributed by atoms with Gasteiger partial charge in [0.15, 0.2) is 0 Å². The lowest BCUT2D eigenvalue weighted by atomic mass is 9.96. The zero-order valence-electron chi connectivity index (χ0n) is 11.4. The zero-order valence-corrected chi connectivity index (χ0v) is 11.4. The first-order chi connectivity index (χ1) is 8.70. The van der Waals surface area contributed by atoms with E-state index in [1.807, 2.05) is 13.0 Å². The molecule has 2 atom stereocenters. The number of hydrogen-bond acceptors (Lipinski definition) is 1. The Bertz CT molecular complexity index is 377. The molecule has 0 N–H and O–H groups in total. The van der Waals surface area contributed by atoms with Gasteiger partial charge in [-0.2, -0.15) is 0 Å². The Morgan fingerprint density at radius 1 is 1.33 bits per heavy atom. The van der Waals surface area contributed by atoms with E-state index >= 15 is 0 Å². The van der Waals surface area contributed by atoms with Gasteiger partial charge in [-0.25, -0.2) is 4.39 Å². The van der Waals surface area contributed by atoms with Gasteiger partial charge in [0, 0.05) is 0 Å². The van der Waals surface area contributed by atoms with Crippen molar-refractivity contribution in [3.8, 4) is 0 Å². The quantitative estimate of drug-likeness (QED) is 0.695. The van der Waals surface area contributed by atoms with Crippen LogP contribution in [0.3, 0.4) is 0 Å². The van der Waals surface area contributed by atoms with Crippen LogP contribution in [-0.4, -0.2) is 12.2 Å². The largest absolute Gasteiger partial charge is 0.370 e. The lowest BCUT2D eigenvalue weighted by Crippen LogP contribution is -2.28. The van der Waals surface area contributed by atoms with Gasteiger partial charge in [-0.15, -0.1) is 0 Å². The van der Waals surface area contributed by atoms with Crippen LogP contribution >= 0.6 is 0 Å². The maximum atomic E-state index is 13.8. The molecule has 1 fully saturated rings. The average molecular weight is 250 g/mol. The molecule has 1 saturated heterocycles. The second-order valence-electron chi connectivity index (χ2n) is 5.29. The second kappa shape index (κ2) is 6.33. The molecule has 2 rings (SSSR count). The lowest BCUT2D eigenvalue weighted by Gasteiger charge is -2.30. The lowest BCUT2D eigenvalue weighted by molar-refractivity contribution is -0.0332. The number of hydrogen-bond donors (Lipinski definition) is 0. The fourth-order valence-electron chi connectivity index (χ4n) is 2.69. The van der Waals surface area contributed by atoms with E-state index in [1.165, 1.54) is 6.42 Å². The topological polar surface area (TPSA) is 9.23 Å². The normalized spacial score (nSPS) is 29.2. The highest BCUT2D eigenvalue weighted by Crippen LogP contribution is 2.30. The molecule has 2 unspecified atom stereocenters. The Hall–Kier alpha value is -0.890. The molecule has 2 heteroatoms. The van der Waals surface area contributed by atoms with Crippen LogP contribution < -0.4 is 0 Å². The fraction of sp³-hybridized carbons (Fsp3) is 0.625. The summed E-state index contributed by atoms with van der Waals surface area (Å²) in [5.74, 6) is -0.111. The summed E-state index contributed by atoms with van der Waals surface area (Å²) < 4.78 is 19.9. The van der Waals surface area contributed by atoms with E-state index in [-0.39, 0.29) is 11.9 Å². The van der Waals surface area contributed by atoms with E-state index < -0.39 is 0 Å². The van der Waals surface area contributed by atoms with Gasteiger partial charge in [-0.05, 0) is 56.3 Å². The minimum atomic E-state index is -0.111. The Balaban J connectivity index is 2.05. The summed E-state index contributed by atoms with van der Waals surface area (Å²) in [4.78, 5) is 0. The van der Waals surface area contributed by atoms with Crippen molar-refractivity contribution in [2.75, 3.05) is 0 Å². The van der Waals surface area contributed by atoms with Crippen molar-refractivity contribution in [2.45, 2.75) is 64.6 Å². The molecule has 2 aliphatic rings. The van der Waals surface area contributed by atoms with E-state index in [1.54, 1.807) is 6.08 Å². The third kappa shape index (κ3) is 3.32. The number of halogens is 1. The molecule has 18 heavy (non-hydrogen) atoms. The first kappa shape index (κ1) is 13.5. The number of allylic oxidation sites excluding steroid dienone is 4. The first-order valence-electron chi connectivity index (χ1n) is 7.10. The summed E-state index contributed by atoms with van der Waals surface area (Å²) in [6.45, 7) is 4.01. The number of rotatable bonds is 3. The van der Waals surface area contributed by atoms with Crippen LogP contribution in [0.15, 0.2) is 35.2 Å². The van der Waals surface area contributed by atoms with Crippen molar-refractivity contribution in [3.05, 3.63) is 35.2 Å². The highest BCUT2D eigenvalue weighted by molar-refractivity contribution is 5.37. The van der Waals surface area contributed by atoms with Crippen molar-refractivity contribution in [1.29, 1.82) is 0 Å². The molecule has 0 saturated carbocycles. The van der Waals surface area contributed by atoms with Crippen molar-refractivity contribution in [1.82, 2.24) is 0 Å². The summed E-state index contributed by atoms with van der Waals surface area (Å²) in [6.07, 6.45) is 12.6. The minimum Gasteiger partial charge on any atom is -0.370 e. The van der Waals surface area contributed by atoms with E-state index in [0.717, 1.165) is 43.3 Å². The number of ether oxygens (including phenoxy) is 1. The van der Waals surface area contributed by atoms with Crippen molar-refractivity contribution < 1.29 is 9.13 Å². The summed E-state index contributed by atoms with van der Waals surface area (Å²) in [7, 11) is 0. The summed E-state index contributed by atoms with van der Waals surface area (Å²) >= 11 is 0. The van der Waals surface area contributed by atoms with Gasteiger partial charge in [-0.1, -0.05) is 25.5 Å². The summed E-state index contributed by atoms with van der Waals surface area (Å²) in [5.41, 5.74) is 1.77. The first-order valence-corrected chi connectivity index (χ1v) is 7.10. The van der Waals surface area contributed by atoms with Crippen molar-refractivity contribution >= 4 is 0 Å². The van der Waals surface area contributed by atoms with Crippen LogP contribution in [0.4, 0.5) is 4.39 Å². The molecule has 1 aliphatic heterocycles. The van der Waals surface area contributed by atoms with Gasteiger partial charge in [0.25, 0.3) is 0 Å². The predicted molar refractivity (Wildman–Crippen MR) is 73.1 cm³/mol. The second-order valence-corrected chi connectivity index (χ2v) is 5.29. The molecule has 0 amide bonds. The monoisotopic (exact) mass is 250 g/mol. The van der Waals surface area contributed by atoms with Gasteiger partial charge in [0.1, 0.15) is 5.83 Å². The Morgan fingerprint density at radius 2 is 2.17 bits per heavy atom. The molecule has 0 aromatic rings. The van der Waals surface area contributed by atoms with E-state index in [9.17, 15) is 4.39 Å². The molecule has 1 aliphatic carbocycles. The summed E-state index contributed by atoms with van der Waals surface area (Å²) in [6, 6.07) is 0. The third-order valence-electron chi connectivity index (χ3n) is 3.78. The average Bonchev–Trinajstić information content (AvgIpc) is 2.53. The van der Waals surface area contributed by atoms with Gasteiger partial charge in [-0.3, -0.25) is 0 Å². The maximum Gasteiger partial charge on any atom is 0.126 e. The van der Waals surface area contributed by atoms with Crippen LogP contribution in [0.1, 0.15) is 52.4 Å². The molecule has 0 bridgehead atoms. The molecular weight excluding hydrogens is 227 g/mol. The molecule has 100 valence electrons.